The number of carboxylic acid groups (broad SMARTS) is 1. The number of aliphatic hydroxyl groups is 1. The third-order valence-electron chi connectivity index (χ3n) is 6.78. The Hall–Kier alpha value is -4.36. The van der Waals surface area contributed by atoms with Crippen molar-refractivity contribution < 1.29 is 33.4 Å². The first-order valence-electron chi connectivity index (χ1n) is 13.8. The predicted molar refractivity (Wildman–Crippen MR) is 155 cm³/mol. The van der Waals surface area contributed by atoms with Gasteiger partial charge < -0.3 is 31.5 Å². The quantitative estimate of drug-likeness (QED) is 0.201. The van der Waals surface area contributed by atoms with Crippen LogP contribution in [0, 0.1) is 17.0 Å². The molecule has 3 amide bonds. The fourth-order valence-corrected chi connectivity index (χ4v) is 4.91. The van der Waals surface area contributed by atoms with E-state index < -0.39 is 53.6 Å². The minimum Gasteiger partial charge on any atom is -0.465 e. The van der Waals surface area contributed by atoms with E-state index in [9.17, 15) is 33.4 Å². The number of rotatable bonds is 13. The summed E-state index contributed by atoms with van der Waals surface area (Å²) in [7, 11) is 0. The van der Waals surface area contributed by atoms with Gasteiger partial charge in [0.1, 0.15) is 30.0 Å². The molecule has 0 spiro atoms. The lowest BCUT2D eigenvalue weighted by Crippen LogP contribution is -2.50. The van der Waals surface area contributed by atoms with E-state index in [4.69, 9.17) is 5.73 Å². The number of nitrogens with two attached hydrogens (primary N) is 1. The Bertz CT molecular complexity index is 1410. The second-order valence-electron chi connectivity index (χ2n) is 11.1. The molecule has 3 aromatic rings. The van der Waals surface area contributed by atoms with E-state index in [1.165, 1.54) is 9.58 Å². The van der Waals surface area contributed by atoms with Crippen LogP contribution in [0.2, 0.25) is 0 Å². The molecule has 0 unspecified atom stereocenters. The van der Waals surface area contributed by atoms with Crippen LogP contribution in [0.5, 0.6) is 0 Å². The molecule has 0 saturated heterocycles. The van der Waals surface area contributed by atoms with E-state index in [1.54, 1.807) is 6.20 Å². The SMILES string of the molecule is CC(C)(C)[C@H](c1nn(-c2cc(F)ccc2F)cc1Cc1ccccc1)N(CC[C@H](NC(=O)O)C(=O)NCCN)C(=O)CO. The number of hydrogen-bond donors (Lipinski definition) is 5. The van der Waals surface area contributed by atoms with Crippen LogP contribution in [0.15, 0.2) is 54.7 Å². The molecule has 0 aliphatic carbocycles. The molecule has 0 aliphatic rings. The highest BCUT2D eigenvalue weighted by molar-refractivity contribution is 5.85. The zero-order valence-electron chi connectivity index (χ0n) is 24.4. The van der Waals surface area contributed by atoms with Gasteiger partial charge in [-0.05, 0) is 29.5 Å². The lowest BCUT2D eigenvalue weighted by atomic mass is 9.81. The molecule has 0 fully saturated rings. The van der Waals surface area contributed by atoms with Gasteiger partial charge in [0, 0.05) is 43.9 Å². The highest BCUT2D eigenvalue weighted by Gasteiger charge is 2.39. The number of carbonyl (C=O) groups is 3. The van der Waals surface area contributed by atoms with Crippen molar-refractivity contribution in [3.8, 4) is 5.69 Å². The van der Waals surface area contributed by atoms with Crippen LogP contribution in [0.1, 0.15) is 50.1 Å². The van der Waals surface area contributed by atoms with Crippen molar-refractivity contribution in [3.05, 3.63) is 83.2 Å². The smallest absolute Gasteiger partial charge is 0.405 e. The summed E-state index contributed by atoms with van der Waals surface area (Å²) in [6.07, 6.45) is 0.358. The van der Waals surface area contributed by atoms with E-state index >= 15 is 0 Å². The van der Waals surface area contributed by atoms with Crippen LogP contribution in [0.3, 0.4) is 0 Å². The Kier molecular flexibility index (Phi) is 11.3. The molecular weight excluding hydrogens is 562 g/mol. The number of aliphatic hydroxyl groups excluding tert-OH is 1. The number of aromatic nitrogens is 2. The van der Waals surface area contributed by atoms with Crippen LogP contribution in [-0.2, 0) is 16.0 Å². The number of benzene rings is 2. The Morgan fingerprint density at radius 3 is 2.42 bits per heavy atom. The van der Waals surface area contributed by atoms with E-state index in [1.807, 2.05) is 51.1 Å². The normalized spacial score (nSPS) is 12.8. The summed E-state index contributed by atoms with van der Waals surface area (Å²) >= 11 is 0. The third-order valence-corrected chi connectivity index (χ3v) is 6.78. The Morgan fingerprint density at radius 2 is 1.81 bits per heavy atom. The highest BCUT2D eigenvalue weighted by atomic mass is 19.1. The highest BCUT2D eigenvalue weighted by Crippen LogP contribution is 2.40. The summed E-state index contributed by atoms with van der Waals surface area (Å²) in [6.45, 7) is 4.81. The largest absolute Gasteiger partial charge is 0.465 e. The average molecular weight is 601 g/mol. The van der Waals surface area contributed by atoms with Crippen molar-refractivity contribution in [2.45, 2.75) is 45.7 Å². The van der Waals surface area contributed by atoms with Crippen molar-refractivity contribution in [3.63, 3.8) is 0 Å². The molecular formula is C30H38F2N6O5. The molecule has 1 heterocycles. The molecule has 1 aromatic heterocycles. The minimum absolute atomic E-state index is 0.122. The molecule has 3 rings (SSSR count). The molecule has 2 atom stereocenters. The van der Waals surface area contributed by atoms with Gasteiger partial charge in [-0.15, -0.1) is 0 Å². The fraction of sp³-hybridized carbons (Fsp3) is 0.400. The van der Waals surface area contributed by atoms with Crippen LogP contribution in [-0.4, -0.2) is 75.1 Å². The van der Waals surface area contributed by atoms with Crippen LogP contribution in [0.25, 0.3) is 5.69 Å². The van der Waals surface area contributed by atoms with Crippen molar-refractivity contribution in [1.29, 1.82) is 0 Å². The summed E-state index contributed by atoms with van der Waals surface area (Å²) in [5.74, 6) is -2.67. The summed E-state index contributed by atoms with van der Waals surface area (Å²) in [5.41, 5.74) is 6.49. The van der Waals surface area contributed by atoms with E-state index in [0.29, 0.717) is 17.7 Å². The van der Waals surface area contributed by atoms with Crippen molar-refractivity contribution in [2.75, 3.05) is 26.2 Å². The zero-order chi connectivity index (χ0) is 31.7. The minimum atomic E-state index is -1.43. The maximum Gasteiger partial charge on any atom is 0.405 e. The molecule has 0 bridgehead atoms. The predicted octanol–water partition coefficient (Wildman–Crippen LogP) is 2.75. The van der Waals surface area contributed by atoms with Crippen LogP contribution >= 0.6 is 0 Å². The molecule has 11 nitrogen and oxygen atoms in total. The van der Waals surface area contributed by atoms with E-state index in [0.717, 1.165) is 23.8 Å². The van der Waals surface area contributed by atoms with Gasteiger partial charge in [-0.1, -0.05) is 51.1 Å². The van der Waals surface area contributed by atoms with Crippen molar-refractivity contribution in [1.82, 2.24) is 25.3 Å². The van der Waals surface area contributed by atoms with Gasteiger partial charge in [-0.25, -0.2) is 18.3 Å². The van der Waals surface area contributed by atoms with Crippen LogP contribution < -0.4 is 16.4 Å². The standard InChI is InChI=1S/C30H38F2N6O5/c1-30(2,3)27(37(25(40)18-39)14-11-23(35-29(42)43)28(41)34-13-12-33)26-20(15-19-7-5-4-6-8-19)17-38(36-26)24-16-21(31)9-10-22(24)32/h4-10,16-17,23,27,35,39H,11-15,18,33H2,1-3H3,(H,34,41)(H,42,43)/t23-,27-/m0/s1. The third kappa shape index (κ3) is 8.82. The Balaban J connectivity index is 2.13. The van der Waals surface area contributed by atoms with Crippen LogP contribution in [0.4, 0.5) is 13.6 Å². The number of amides is 3. The molecule has 0 aliphatic heterocycles. The number of carbonyl (C=O) groups excluding carboxylic acids is 2. The fourth-order valence-electron chi connectivity index (χ4n) is 4.91. The monoisotopic (exact) mass is 600 g/mol. The maximum atomic E-state index is 14.9. The summed E-state index contributed by atoms with van der Waals surface area (Å²) < 4.78 is 30.2. The number of nitrogens with one attached hydrogen (secondary N) is 2. The molecule has 43 heavy (non-hydrogen) atoms. The van der Waals surface area contributed by atoms with Gasteiger partial charge in [0.25, 0.3) is 0 Å². The Labute approximate surface area is 248 Å². The van der Waals surface area contributed by atoms with Gasteiger partial charge in [0.05, 0.1) is 11.7 Å². The maximum absolute atomic E-state index is 14.9. The first-order valence-corrected chi connectivity index (χ1v) is 13.8. The van der Waals surface area contributed by atoms with Crippen molar-refractivity contribution >= 4 is 17.9 Å². The second kappa shape index (κ2) is 14.7. The van der Waals surface area contributed by atoms with Gasteiger partial charge in [0.2, 0.25) is 11.8 Å². The average Bonchev–Trinajstić information content (AvgIpc) is 3.35. The summed E-state index contributed by atoms with van der Waals surface area (Å²) in [5, 5.41) is 28.6. The first-order chi connectivity index (χ1) is 20.3. The van der Waals surface area contributed by atoms with Gasteiger partial charge in [-0.2, -0.15) is 5.10 Å². The molecule has 232 valence electrons. The Morgan fingerprint density at radius 1 is 1.12 bits per heavy atom. The topological polar surface area (TPSA) is 163 Å². The van der Waals surface area contributed by atoms with Gasteiger partial charge >= 0.3 is 6.09 Å². The van der Waals surface area contributed by atoms with E-state index in [2.05, 4.69) is 15.7 Å². The van der Waals surface area contributed by atoms with E-state index in [-0.39, 0.29) is 31.7 Å². The van der Waals surface area contributed by atoms with Gasteiger partial charge in [0.15, 0.2) is 0 Å². The number of hydrogen-bond acceptors (Lipinski definition) is 6. The zero-order valence-corrected chi connectivity index (χ0v) is 24.4. The lowest BCUT2D eigenvalue weighted by molar-refractivity contribution is -0.140. The van der Waals surface area contributed by atoms with Crippen molar-refractivity contribution in [2.24, 2.45) is 11.1 Å². The lowest BCUT2D eigenvalue weighted by Gasteiger charge is -2.40. The second-order valence-corrected chi connectivity index (χ2v) is 11.1. The molecule has 2 aromatic carbocycles. The first kappa shape index (κ1) is 33.1. The molecule has 6 N–H and O–H groups in total. The number of halogens is 2. The van der Waals surface area contributed by atoms with Gasteiger partial charge in [-0.3, -0.25) is 9.59 Å². The number of nitrogens with zero attached hydrogens (tertiary/aromatic N) is 3. The molecule has 13 heteroatoms. The summed E-state index contributed by atoms with van der Waals surface area (Å²) in [6, 6.07) is 10.3. The summed E-state index contributed by atoms with van der Waals surface area (Å²) in [4.78, 5) is 38.7. The molecule has 0 radical (unpaired) electrons. The molecule has 0 saturated carbocycles.